The maximum atomic E-state index is 13.0. The number of aromatic nitrogens is 2. The van der Waals surface area contributed by atoms with E-state index in [9.17, 15) is 19.7 Å². The SMILES string of the molecule is Cc1c(C(=O)Nc2cccc([N+](=O)[O-])c2)sc2nc3n(c(=O)c12)CCCCC3. The van der Waals surface area contributed by atoms with E-state index in [1.54, 1.807) is 17.6 Å². The number of rotatable bonds is 3. The van der Waals surface area contributed by atoms with E-state index in [2.05, 4.69) is 10.3 Å². The van der Waals surface area contributed by atoms with Crippen LogP contribution in [0, 0.1) is 17.0 Å². The number of thiophene rings is 1. The highest BCUT2D eigenvalue weighted by Gasteiger charge is 2.22. The molecule has 3 heterocycles. The third-order valence-electron chi connectivity index (χ3n) is 4.93. The van der Waals surface area contributed by atoms with Crippen LogP contribution in [-0.4, -0.2) is 20.4 Å². The minimum Gasteiger partial charge on any atom is -0.321 e. The predicted molar refractivity (Wildman–Crippen MR) is 107 cm³/mol. The second kappa shape index (κ2) is 7.16. The van der Waals surface area contributed by atoms with E-state index in [1.807, 2.05) is 0 Å². The zero-order chi connectivity index (χ0) is 19.8. The Morgan fingerprint density at radius 1 is 1.32 bits per heavy atom. The molecule has 4 rings (SSSR count). The molecule has 9 heteroatoms. The number of nitrogens with zero attached hydrogens (tertiary/aromatic N) is 3. The standard InChI is InChI=1S/C19H18N4O4S/c1-11-15-18(21-14-8-3-2-4-9-22(14)19(15)25)28-16(11)17(24)20-12-6-5-7-13(10-12)23(26)27/h5-7,10H,2-4,8-9H2,1H3,(H,20,24). The number of hydrogen-bond donors (Lipinski definition) is 1. The largest absolute Gasteiger partial charge is 0.321 e. The second-order valence-electron chi connectivity index (χ2n) is 6.79. The summed E-state index contributed by atoms with van der Waals surface area (Å²) in [6.07, 6.45) is 3.79. The van der Waals surface area contributed by atoms with Gasteiger partial charge in [-0.25, -0.2) is 4.98 Å². The van der Waals surface area contributed by atoms with Crippen LogP contribution in [-0.2, 0) is 13.0 Å². The van der Waals surface area contributed by atoms with Gasteiger partial charge in [-0.15, -0.1) is 11.3 Å². The molecule has 0 bridgehead atoms. The van der Waals surface area contributed by atoms with Crippen molar-refractivity contribution in [2.24, 2.45) is 0 Å². The molecule has 0 atom stereocenters. The summed E-state index contributed by atoms with van der Waals surface area (Å²) >= 11 is 1.19. The third kappa shape index (κ3) is 3.18. The number of nitrogens with one attached hydrogen (secondary N) is 1. The van der Waals surface area contributed by atoms with Crippen LogP contribution in [0.1, 0.15) is 40.3 Å². The summed E-state index contributed by atoms with van der Waals surface area (Å²) in [5.41, 5.74) is 0.732. The van der Waals surface area contributed by atoms with E-state index >= 15 is 0 Å². The molecule has 0 saturated heterocycles. The number of nitro benzene ring substituents is 1. The summed E-state index contributed by atoms with van der Waals surface area (Å²) in [6, 6.07) is 5.76. The van der Waals surface area contributed by atoms with Gasteiger partial charge >= 0.3 is 0 Å². The van der Waals surface area contributed by atoms with Crippen LogP contribution in [0.15, 0.2) is 29.1 Å². The van der Waals surface area contributed by atoms with Crippen molar-refractivity contribution in [3.05, 3.63) is 61.0 Å². The Morgan fingerprint density at radius 3 is 2.93 bits per heavy atom. The molecule has 1 N–H and O–H groups in total. The van der Waals surface area contributed by atoms with E-state index in [-0.39, 0.29) is 11.2 Å². The van der Waals surface area contributed by atoms with Crippen LogP contribution in [0.4, 0.5) is 11.4 Å². The molecule has 28 heavy (non-hydrogen) atoms. The third-order valence-corrected chi connectivity index (χ3v) is 6.12. The van der Waals surface area contributed by atoms with Gasteiger partial charge in [-0.2, -0.15) is 0 Å². The lowest BCUT2D eigenvalue weighted by Crippen LogP contribution is -2.24. The van der Waals surface area contributed by atoms with Crippen LogP contribution < -0.4 is 10.9 Å². The molecule has 0 fully saturated rings. The van der Waals surface area contributed by atoms with Crippen molar-refractivity contribution in [2.75, 3.05) is 5.32 Å². The molecule has 8 nitrogen and oxygen atoms in total. The Balaban J connectivity index is 1.73. The summed E-state index contributed by atoms with van der Waals surface area (Å²) in [5, 5.41) is 14.1. The lowest BCUT2D eigenvalue weighted by atomic mass is 10.2. The highest BCUT2D eigenvalue weighted by Crippen LogP contribution is 2.29. The predicted octanol–water partition coefficient (Wildman–Crippen LogP) is 3.65. The first kappa shape index (κ1) is 18.3. The Morgan fingerprint density at radius 2 is 2.14 bits per heavy atom. The van der Waals surface area contributed by atoms with Crippen LogP contribution in [0.25, 0.3) is 10.2 Å². The summed E-state index contributed by atoms with van der Waals surface area (Å²) in [7, 11) is 0. The number of benzene rings is 1. The molecule has 144 valence electrons. The van der Waals surface area contributed by atoms with Crippen molar-refractivity contribution in [1.29, 1.82) is 0 Å². The van der Waals surface area contributed by atoms with Crippen LogP contribution >= 0.6 is 11.3 Å². The van der Waals surface area contributed by atoms with Gasteiger partial charge in [0.2, 0.25) is 0 Å². The Hall–Kier alpha value is -3.07. The molecule has 2 aromatic heterocycles. The average Bonchev–Trinajstić information content (AvgIpc) is 2.84. The highest BCUT2D eigenvalue weighted by atomic mass is 32.1. The zero-order valence-corrected chi connectivity index (χ0v) is 16.0. The first-order valence-electron chi connectivity index (χ1n) is 9.04. The van der Waals surface area contributed by atoms with Gasteiger partial charge < -0.3 is 5.32 Å². The van der Waals surface area contributed by atoms with Crippen molar-refractivity contribution in [3.8, 4) is 0 Å². The van der Waals surface area contributed by atoms with Crippen molar-refractivity contribution in [3.63, 3.8) is 0 Å². The highest BCUT2D eigenvalue weighted by molar-refractivity contribution is 7.20. The fourth-order valence-electron chi connectivity index (χ4n) is 3.51. The molecule has 1 aromatic carbocycles. The van der Waals surface area contributed by atoms with Gasteiger partial charge in [0.25, 0.3) is 17.2 Å². The lowest BCUT2D eigenvalue weighted by Gasteiger charge is -2.08. The average molecular weight is 398 g/mol. The summed E-state index contributed by atoms with van der Waals surface area (Å²) in [5.74, 6) is 0.377. The smallest absolute Gasteiger partial charge is 0.271 e. The van der Waals surface area contributed by atoms with Gasteiger partial charge in [0.15, 0.2) is 0 Å². The number of fused-ring (bicyclic) bond motifs is 2. The van der Waals surface area contributed by atoms with Gasteiger partial charge in [0.1, 0.15) is 10.7 Å². The second-order valence-corrected chi connectivity index (χ2v) is 7.79. The summed E-state index contributed by atoms with van der Waals surface area (Å²) in [6.45, 7) is 2.40. The number of hydrogen-bond acceptors (Lipinski definition) is 6. The van der Waals surface area contributed by atoms with Crippen molar-refractivity contribution < 1.29 is 9.72 Å². The lowest BCUT2D eigenvalue weighted by molar-refractivity contribution is -0.384. The number of carbonyl (C=O) groups is 1. The van der Waals surface area contributed by atoms with E-state index in [0.717, 1.165) is 31.5 Å². The zero-order valence-electron chi connectivity index (χ0n) is 15.2. The van der Waals surface area contributed by atoms with E-state index < -0.39 is 10.8 Å². The van der Waals surface area contributed by atoms with Crippen LogP contribution in [0.2, 0.25) is 0 Å². The number of nitro groups is 1. The van der Waals surface area contributed by atoms with E-state index in [0.29, 0.717) is 32.9 Å². The number of non-ortho nitro benzene ring substituents is 1. The first-order chi connectivity index (χ1) is 13.5. The first-order valence-corrected chi connectivity index (χ1v) is 9.86. The molecule has 3 aromatic rings. The monoisotopic (exact) mass is 398 g/mol. The number of aryl methyl sites for hydroxylation is 2. The molecular formula is C19H18N4O4S. The minimum absolute atomic E-state index is 0.0925. The number of anilines is 1. The minimum atomic E-state index is -0.516. The molecule has 1 amide bonds. The van der Waals surface area contributed by atoms with Crippen LogP contribution in [0.5, 0.6) is 0 Å². The van der Waals surface area contributed by atoms with Crippen molar-refractivity contribution in [1.82, 2.24) is 9.55 Å². The topological polar surface area (TPSA) is 107 Å². The van der Waals surface area contributed by atoms with Gasteiger partial charge in [0, 0.05) is 30.8 Å². The fourth-order valence-corrected chi connectivity index (χ4v) is 4.60. The molecular weight excluding hydrogens is 380 g/mol. The Kier molecular flexibility index (Phi) is 4.68. The number of amides is 1. The van der Waals surface area contributed by atoms with Crippen LogP contribution in [0.3, 0.4) is 0 Å². The molecule has 0 saturated carbocycles. The molecule has 0 unspecified atom stereocenters. The van der Waals surface area contributed by atoms with E-state index in [4.69, 9.17) is 0 Å². The Labute approximate surface area is 164 Å². The maximum Gasteiger partial charge on any atom is 0.271 e. The van der Waals surface area contributed by atoms with Gasteiger partial charge in [0.05, 0.1) is 15.2 Å². The maximum absolute atomic E-state index is 13.0. The molecule has 1 aliphatic rings. The fraction of sp³-hybridized carbons (Fsp3) is 0.316. The van der Waals surface area contributed by atoms with Crippen molar-refractivity contribution in [2.45, 2.75) is 39.2 Å². The van der Waals surface area contributed by atoms with Gasteiger partial charge in [-0.1, -0.05) is 12.5 Å². The normalized spacial score (nSPS) is 13.8. The molecule has 0 radical (unpaired) electrons. The quantitative estimate of drug-likeness (QED) is 0.535. The molecule has 0 aliphatic carbocycles. The summed E-state index contributed by atoms with van der Waals surface area (Å²) < 4.78 is 1.73. The van der Waals surface area contributed by atoms with Crippen molar-refractivity contribution >= 4 is 38.8 Å². The molecule has 1 aliphatic heterocycles. The van der Waals surface area contributed by atoms with Gasteiger partial charge in [-0.3, -0.25) is 24.3 Å². The number of carbonyl (C=O) groups excluding carboxylic acids is 1. The van der Waals surface area contributed by atoms with Gasteiger partial charge in [-0.05, 0) is 31.4 Å². The van der Waals surface area contributed by atoms with E-state index in [1.165, 1.54) is 29.5 Å². The molecule has 0 spiro atoms. The Bertz CT molecular complexity index is 1160. The summed E-state index contributed by atoms with van der Waals surface area (Å²) in [4.78, 5) is 41.8.